The number of likely N-dealkylation sites (N-methyl/N-ethyl adjacent to an activating group) is 1. The summed E-state index contributed by atoms with van der Waals surface area (Å²) in [6, 6.07) is 9.24. The van der Waals surface area contributed by atoms with E-state index in [1.54, 1.807) is 12.1 Å². The predicted octanol–water partition coefficient (Wildman–Crippen LogP) is 3.88. The van der Waals surface area contributed by atoms with E-state index in [0.717, 1.165) is 21.3 Å². The molecule has 0 saturated heterocycles. The third-order valence-corrected chi connectivity index (χ3v) is 4.70. The third-order valence-electron chi connectivity index (χ3n) is 3.96. The minimum atomic E-state index is -0.642. The maximum absolute atomic E-state index is 12.2. The Balaban J connectivity index is 2.32. The highest BCUT2D eigenvalue weighted by Gasteiger charge is 2.20. The zero-order valence-electron chi connectivity index (χ0n) is 14.2. The van der Waals surface area contributed by atoms with Gasteiger partial charge in [-0.1, -0.05) is 34.1 Å². The fourth-order valence-corrected chi connectivity index (χ4v) is 2.87. The Morgan fingerprint density at radius 3 is 2.42 bits per heavy atom. The van der Waals surface area contributed by atoms with Crippen LogP contribution in [-0.2, 0) is 11.4 Å². The van der Waals surface area contributed by atoms with E-state index < -0.39 is 11.7 Å². The number of aryl methyl sites for hydroxylation is 3. The van der Waals surface area contributed by atoms with Crippen LogP contribution in [0.15, 0.2) is 34.8 Å². The molecular weight excluding hydrogens is 370 g/mol. The molecule has 1 amide bonds. The lowest BCUT2D eigenvalue weighted by atomic mass is 10.0. The molecule has 0 bridgehead atoms. The molecule has 0 aliphatic rings. The highest BCUT2D eigenvalue weighted by atomic mass is 79.9. The van der Waals surface area contributed by atoms with E-state index in [2.05, 4.69) is 34.2 Å². The highest BCUT2D eigenvalue weighted by molar-refractivity contribution is 9.10. The number of amides is 1. The van der Waals surface area contributed by atoms with Crippen LogP contribution in [0.3, 0.4) is 0 Å². The Bertz CT molecular complexity index is 799. The van der Waals surface area contributed by atoms with Crippen molar-refractivity contribution in [2.45, 2.75) is 27.4 Å². The predicted molar refractivity (Wildman–Crippen MR) is 97.5 cm³/mol. The first kappa shape index (κ1) is 18.2. The maximum atomic E-state index is 12.2. The molecule has 4 nitrogen and oxygen atoms in total. The summed E-state index contributed by atoms with van der Waals surface area (Å²) in [5.74, 6) is -0.446. The van der Waals surface area contributed by atoms with Crippen LogP contribution in [-0.4, -0.2) is 18.7 Å². The van der Waals surface area contributed by atoms with Crippen LogP contribution >= 0.6 is 15.9 Å². The summed E-state index contributed by atoms with van der Waals surface area (Å²) < 4.78 is 6.66. The minimum absolute atomic E-state index is 0.197. The number of carbonyl (C=O) groups excluding carboxylic acids is 2. The number of benzene rings is 2. The molecule has 0 fully saturated rings. The standard InChI is InChI=1S/C19H20BrNO3/c1-11-8-13(3)17(9-12(11)2)24-10-15-14(6-5-7-16(15)20)18(22)19(23)21-4/h5-9H,10H2,1-4H3,(H,21,23). The van der Waals surface area contributed by atoms with Crippen LogP contribution in [0.5, 0.6) is 5.75 Å². The molecule has 0 spiro atoms. The second-order valence-corrected chi connectivity index (χ2v) is 6.52. The fourth-order valence-electron chi connectivity index (χ4n) is 2.39. The van der Waals surface area contributed by atoms with Gasteiger partial charge in [0.25, 0.3) is 11.7 Å². The largest absolute Gasteiger partial charge is 0.489 e. The molecule has 1 N–H and O–H groups in total. The quantitative estimate of drug-likeness (QED) is 0.623. The second kappa shape index (κ2) is 7.62. The van der Waals surface area contributed by atoms with Gasteiger partial charge in [-0.3, -0.25) is 9.59 Å². The molecule has 0 unspecified atom stereocenters. The number of ether oxygens (including phenoxy) is 1. The van der Waals surface area contributed by atoms with Crippen LogP contribution in [0, 0.1) is 20.8 Å². The fraction of sp³-hybridized carbons (Fsp3) is 0.263. The Hall–Kier alpha value is -2.14. The summed E-state index contributed by atoms with van der Waals surface area (Å²) in [6.45, 7) is 6.27. The molecule has 126 valence electrons. The lowest BCUT2D eigenvalue weighted by Crippen LogP contribution is -2.28. The molecular formula is C19H20BrNO3. The van der Waals surface area contributed by atoms with Crippen molar-refractivity contribution in [2.75, 3.05) is 7.05 Å². The smallest absolute Gasteiger partial charge is 0.292 e. The van der Waals surface area contributed by atoms with Gasteiger partial charge in [0.2, 0.25) is 0 Å². The Kier molecular flexibility index (Phi) is 5.78. The third kappa shape index (κ3) is 3.85. The van der Waals surface area contributed by atoms with Crippen molar-refractivity contribution in [1.29, 1.82) is 0 Å². The van der Waals surface area contributed by atoms with Crippen molar-refractivity contribution >= 4 is 27.6 Å². The first-order valence-corrected chi connectivity index (χ1v) is 8.39. The van der Waals surface area contributed by atoms with Gasteiger partial charge in [-0.2, -0.15) is 0 Å². The van der Waals surface area contributed by atoms with Crippen LogP contribution in [0.1, 0.15) is 32.6 Å². The van der Waals surface area contributed by atoms with E-state index >= 15 is 0 Å². The molecule has 2 rings (SSSR count). The van der Waals surface area contributed by atoms with Crippen LogP contribution < -0.4 is 10.1 Å². The Morgan fingerprint density at radius 1 is 1.08 bits per heavy atom. The lowest BCUT2D eigenvalue weighted by Gasteiger charge is -2.15. The van der Waals surface area contributed by atoms with Crippen LogP contribution in [0.4, 0.5) is 0 Å². The first-order valence-electron chi connectivity index (χ1n) is 7.59. The van der Waals surface area contributed by atoms with Crippen molar-refractivity contribution in [1.82, 2.24) is 5.32 Å². The minimum Gasteiger partial charge on any atom is -0.489 e. The number of halogens is 1. The number of rotatable bonds is 5. The molecule has 2 aromatic carbocycles. The van der Waals surface area contributed by atoms with Gasteiger partial charge in [0.1, 0.15) is 12.4 Å². The summed E-state index contributed by atoms with van der Waals surface area (Å²) in [5, 5.41) is 2.36. The molecule has 0 aliphatic carbocycles. The van der Waals surface area contributed by atoms with Crippen molar-refractivity contribution < 1.29 is 14.3 Å². The zero-order chi connectivity index (χ0) is 17.9. The van der Waals surface area contributed by atoms with Crippen LogP contribution in [0.25, 0.3) is 0 Å². The maximum Gasteiger partial charge on any atom is 0.292 e. The molecule has 5 heteroatoms. The average molecular weight is 390 g/mol. The molecule has 0 radical (unpaired) electrons. The topological polar surface area (TPSA) is 55.4 Å². The lowest BCUT2D eigenvalue weighted by molar-refractivity contribution is -0.116. The Morgan fingerprint density at radius 2 is 1.75 bits per heavy atom. The number of ketones is 1. The molecule has 2 aromatic rings. The van der Waals surface area contributed by atoms with Gasteiger partial charge < -0.3 is 10.1 Å². The SMILES string of the molecule is CNC(=O)C(=O)c1cccc(Br)c1COc1cc(C)c(C)cc1C. The summed E-state index contributed by atoms with van der Waals surface area (Å²) in [7, 11) is 1.44. The van der Waals surface area contributed by atoms with Crippen LogP contribution in [0.2, 0.25) is 0 Å². The zero-order valence-corrected chi connectivity index (χ0v) is 15.8. The number of carbonyl (C=O) groups is 2. The monoisotopic (exact) mass is 389 g/mol. The van der Waals surface area contributed by atoms with E-state index in [0.29, 0.717) is 11.1 Å². The van der Waals surface area contributed by atoms with Crippen molar-refractivity contribution in [2.24, 2.45) is 0 Å². The number of hydrogen-bond acceptors (Lipinski definition) is 3. The van der Waals surface area contributed by atoms with Gasteiger partial charge in [-0.15, -0.1) is 0 Å². The van der Waals surface area contributed by atoms with E-state index in [-0.39, 0.29) is 6.61 Å². The normalized spacial score (nSPS) is 10.4. The summed E-state index contributed by atoms with van der Waals surface area (Å²) in [4.78, 5) is 23.9. The van der Waals surface area contributed by atoms with Crippen molar-refractivity contribution in [3.8, 4) is 5.75 Å². The van der Waals surface area contributed by atoms with E-state index in [1.807, 2.05) is 26.0 Å². The molecule has 0 heterocycles. The molecule has 0 aromatic heterocycles. The molecule has 0 atom stereocenters. The molecule has 0 saturated carbocycles. The van der Waals surface area contributed by atoms with Gasteiger partial charge >= 0.3 is 0 Å². The summed E-state index contributed by atoms with van der Waals surface area (Å²) in [5.41, 5.74) is 4.37. The molecule has 24 heavy (non-hydrogen) atoms. The van der Waals surface area contributed by atoms with Gasteiger partial charge in [-0.05, 0) is 49.6 Å². The van der Waals surface area contributed by atoms with E-state index in [9.17, 15) is 9.59 Å². The van der Waals surface area contributed by atoms with Crippen molar-refractivity contribution in [3.05, 3.63) is 62.6 Å². The van der Waals surface area contributed by atoms with Gasteiger partial charge in [-0.25, -0.2) is 0 Å². The van der Waals surface area contributed by atoms with Gasteiger partial charge in [0.15, 0.2) is 0 Å². The summed E-state index contributed by atoms with van der Waals surface area (Å²) in [6.07, 6.45) is 0. The number of Topliss-reactive ketones (excluding diaryl/α,β-unsaturated/α-hetero) is 1. The highest BCUT2D eigenvalue weighted by Crippen LogP contribution is 2.26. The average Bonchev–Trinajstić information content (AvgIpc) is 2.56. The van der Waals surface area contributed by atoms with E-state index in [1.165, 1.54) is 12.6 Å². The first-order chi connectivity index (χ1) is 11.3. The van der Waals surface area contributed by atoms with Gasteiger partial charge in [0.05, 0.1) is 0 Å². The van der Waals surface area contributed by atoms with E-state index in [4.69, 9.17) is 4.74 Å². The van der Waals surface area contributed by atoms with Gasteiger partial charge in [0, 0.05) is 22.6 Å². The molecule has 0 aliphatic heterocycles. The second-order valence-electron chi connectivity index (χ2n) is 5.66. The summed E-state index contributed by atoms with van der Waals surface area (Å²) >= 11 is 3.44. The number of hydrogen-bond donors (Lipinski definition) is 1. The van der Waals surface area contributed by atoms with Crippen molar-refractivity contribution in [3.63, 3.8) is 0 Å². The number of nitrogens with one attached hydrogen (secondary N) is 1. The Labute approximate surface area is 150 Å².